The Labute approximate surface area is 619 Å². The first-order valence-corrected chi connectivity index (χ1v) is 45.2. The van der Waals surface area contributed by atoms with E-state index < -0.39 is 97.5 Å². The van der Waals surface area contributed by atoms with Crippen LogP contribution < -0.4 is 0 Å². The summed E-state index contributed by atoms with van der Waals surface area (Å²) in [5, 5.41) is 10.7. The second kappa shape index (κ2) is 71.0. The summed E-state index contributed by atoms with van der Waals surface area (Å²) in [5.41, 5.74) is 0. The second-order valence-electron chi connectivity index (χ2n) is 31.2. The molecule has 0 aromatic heterocycles. The lowest BCUT2D eigenvalue weighted by Crippen LogP contribution is -2.30. The molecule has 3 N–H and O–H groups in total. The molecule has 0 amide bonds. The van der Waals surface area contributed by atoms with Gasteiger partial charge in [0, 0.05) is 25.7 Å². The molecular weight excluding hydrogens is 1320 g/mol. The van der Waals surface area contributed by atoms with E-state index in [1.165, 1.54) is 225 Å². The van der Waals surface area contributed by atoms with E-state index in [-0.39, 0.29) is 25.7 Å². The molecule has 17 nitrogen and oxygen atoms in total. The molecule has 0 saturated carbocycles. The van der Waals surface area contributed by atoms with Gasteiger partial charge in [0.2, 0.25) is 0 Å². The summed E-state index contributed by atoms with van der Waals surface area (Å²) in [4.78, 5) is 73.1. The number of rotatable bonds is 79. The predicted octanol–water partition coefficient (Wildman–Crippen LogP) is 24.4. The molecule has 3 unspecified atom stereocenters. The van der Waals surface area contributed by atoms with Gasteiger partial charge in [-0.05, 0) is 49.4 Å². The first-order valence-electron chi connectivity index (χ1n) is 42.2. The lowest BCUT2D eigenvalue weighted by atomic mass is 9.99. The zero-order chi connectivity index (χ0) is 74.6. The maximum absolute atomic E-state index is 13.1. The quantitative estimate of drug-likeness (QED) is 0.0222. The summed E-state index contributed by atoms with van der Waals surface area (Å²) in [6.45, 7) is 14.3. The van der Waals surface area contributed by atoms with Crippen molar-refractivity contribution in [2.75, 3.05) is 39.6 Å². The number of carbonyl (C=O) groups excluding carboxylic acids is 4. The molecule has 0 heterocycles. The number of hydrogen-bond donors (Lipinski definition) is 3. The first-order chi connectivity index (χ1) is 48.6. The Hall–Kier alpha value is -1.94. The Kier molecular flexibility index (Phi) is 69.6. The van der Waals surface area contributed by atoms with E-state index in [0.29, 0.717) is 25.7 Å². The highest BCUT2D eigenvalue weighted by molar-refractivity contribution is 7.47. The highest BCUT2D eigenvalue weighted by Crippen LogP contribution is 2.45. The molecule has 6 atom stereocenters. The summed E-state index contributed by atoms with van der Waals surface area (Å²) >= 11 is 0. The molecule has 0 rings (SSSR count). The normalized spacial score (nSPS) is 14.3. The zero-order valence-corrected chi connectivity index (χ0v) is 68.3. The van der Waals surface area contributed by atoms with Crippen molar-refractivity contribution in [3.63, 3.8) is 0 Å². The molecule has 0 aromatic rings. The van der Waals surface area contributed by atoms with Crippen LogP contribution in [0.25, 0.3) is 0 Å². The van der Waals surface area contributed by atoms with E-state index in [4.69, 9.17) is 37.0 Å². The number of esters is 4. The highest BCUT2D eigenvalue weighted by atomic mass is 31.2. The van der Waals surface area contributed by atoms with Gasteiger partial charge in [0.15, 0.2) is 12.2 Å². The van der Waals surface area contributed by atoms with Crippen LogP contribution in [0.3, 0.4) is 0 Å². The Morgan fingerprint density at radius 3 is 0.703 bits per heavy atom. The fourth-order valence-corrected chi connectivity index (χ4v) is 14.2. The van der Waals surface area contributed by atoms with Crippen molar-refractivity contribution >= 4 is 39.5 Å². The van der Waals surface area contributed by atoms with E-state index in [2.05, 4.69) is 55.4 Å². The van der Waals surface area contributed by atoms with Crippen molar-refractivity contribution in [1.82, 2.24) is 0 Å². The molecule has 0 fully saturated rings. The van der Waals surface area contributed by atoms with Crippen molar-refractivity contribution in [3.8, 4) is 0 Å². The number of carbonyl (C=O) groups is 4. The fraction of sp³-hybridized carbons (Fsp3) is 0.951. The van der Waals surface area contributed by atoms with Crippen LogP contribution in [-0.4, -0.2) is 96.7 Å². The Balaban J connectivity index is 5.28. The van der Waals surface area contributed by atoms with Crippen LogP contribution in [0.4, 0.5) is 0 Å². The number of aliphatic hydroxyl groups is 1. The molecule has 0 aromatic carbocycles. The maximum atomic E-state index is 13.1. The minimum Gasteiger partial charge on any atom is -0.462 e. The minimum atomic E-state index is -4.96. The first kappa shape index (κ1) is 99.1. The van der Waals surface area contributed by atoms with Crippen molar-refractivity contribution in [2.45, 2.75) is 440 Å². The van der Waals surface area contributed by atoms with Gasteiger partial charge in [-0.2, -0.15) is 0 Å². The standard InChI is InChI=1S/C82H160O17P2/c1-9-75(8)61-53-45-37-32-33-39-47-55-63-80(85)93-69-78(99-82(87)65-57-49-41-31-25-19-18-22-28-36-44-52-60-74(6)7)71-97-101(90,91)95-67-76(83)66-94-100(88,89)96-70-77(98-81(86)64-56-48-40-30-24-17-13-11-15-21-27-35-43-51-59-73(4)5)68-92-79(84)62-54-46-38-29-23-16-12-10-14-20-26-34-42-50-58-72(2)3/h72-78,83H,9-71H2,1-8H3,(H,88,89)(H,90,91)/t75?,76-,77-,78-/m1/s1. The fourth-order valence-electron chi connectivity index (χ4n) is 12.6. The number of ether oxygens (including phenoxy) is 4. The average molecular weight is 1480 g/mol. The highest BCUT2D eigenvalue weighted by Gasteiger charge is 2.30. The minimum absolute atomic E-state index is 0.106. The third-order valence-corrected chi connectivity index (χ3v) is 21.3. The Morgan fingerprint density at radius 1 is 0.277 bits per heavy atom. The summed E-state index contributed by atoms with van der Waals surface area (Å²) in [6.07, 6.45) is 58.1. The largest absolute Gasteiger partial charge is 0.472 e. The number of unbranched alkanes of at least 4 members (excludes halogenated alkanes) is 44. The van der Waals surface area contributed by atoms with E-state index >= 15 is 0 Å². The van der Waals surface area contributed by atoms with Crippen LogP contribution >= 0.6 is 15.6 Å². The second-order valence-corrected chi connectivity index (χ2v) is 34.1. The monoisotopic (exact) mass is 1480 g/mol. The third-order valence-electron chi connectivity index (χ3n) is 19.4. The molecular formula is C82H160O17P2. The van der Waals surface area contributed by atoms with Crippen LogP contribution in [0.2, 0.25) is 0 Å². The zero-order valence-electron chi connectivity index (χ0n) is 66.5. The molecule has 0 bridgehead atoms. The molecule has 101 heavy (non-hydrogen) atoms. The van der Waals surface area contributed by atoms with Crippen molar-refractivity contribution in [3.05, 3.63) is 0 Å². The predicted molar refractivity (Wildman–Crippen MR) is 414 cm³/mol. The molecule has 0 saturated heterocycles. The summed E-state index contributed by atoms with van der Waals surface area (Å²) in [7, 11) is -9.93. The number of phosphoric acid groups is 2. The molecule has 600 valence electrons. The van der Waals surface area contributed by atoms with Gasteiger partial charge < -0.3 is 33.8 Å². The van der Waals surface area contributed by atoms with E-state index in [1.807, 2.05) is 0 Å². The number of aliphatic hydroxyl groups excluding tert-OH is 1. The van der Waals surface area contributed by atoms with Gasteiger partial charge in [-0.25, -0.2) is 9.13 Å². The Morgan fingerprint density at radius 2 is 0.475 bits per heavy atom. The smallest absolute Gasteiger partial charge is 0.462 e. The number of phosphoric ester groups is 2. The van der Waals surface area contributed by atoms with Crippen LogP contribution in [0, 0.1) is 23.7 Å². The van der Waals surface area contributed by atoms with Gasteiger partial charge in [-0.15, -0.1) is 0 Å². The molecule has 0 aliphatic heterocycles. The Bertz CT molecular complexity index is 1970. The van der Waals surface area contributed by atoms with Crippen LogP contribution in [0.5, 0.6) is 0 Å². The van der Waals surface area contributed by atoms with Crippen LogP contribution in [-0.2, 0) is 65.4 Å². The summed E-state index contributed by atoms with van der Waals surface area (Å²) in [5.74, 6) is 1.04. The van der Waals surface area contributed by atoms with Crippen molar-refractivity contribution in [2.24, 2.45) is 23.7 Å². The van der Waals surface area contributed by atoms with Crippen LogP contribution in [0.15, 0.2) is 0 Å². The van der Waals surface area contributed by atoms with Crippen molar-refractivity contribution in [1.29, 1.82) is 0 Å². The SMILES string of the molecule is CCC(C)CCCCCCCCCCC(=O)OC[C@H](COP(=O)(O)OC[C@H](O)COP(=O)(O)OC[C@@H](COC(=O)CCCCCCCCCCCCCCCCC(C)C)OC(=O)CCCCCCCCCCCCCCCCC(C)C)OC(=O)CCCCCCCCCCCCCCC(C)C. The van der Waals surface area contributed by atoms with Crippen LogP contribution in [0.1, 0.15) is 421 Å². The van der Waals surface area contributed by atoms with E-state index in [1.54, 1.807) is 0 Å². The van der Waals surface area contributed by atoms with E-state index in [0.717, 1.165) is 114 Å². The van der Waals surface area contributed by atoms with Gasteiger partial charge in [0.1, 0.15) is 19.3 Å². The molecule has 0 radical (unpaired) electrons. The number of hydrogen-bond acceptors (Lipinski definition) is 15. The molecule has 0 spiro atoms. The molecule has 19 heteroatoms. The topological polar surface area (TPSA) is 237 Å². The lowest BCUT2D eigenvalue weighted by molar-refractivity contribution is -0.161. The van der Waals surface area contributed by atoms with Gasteiger partial charge >= 0.3 is 39.5 Å². The average Bonchev–Trinajstić information content (AvgIpc) is 0.926. The molecule has 0 aliphatic carbocycles. The van der Waals surface area contributed by atoms with Crippen molar-refractivity contribution < 1.29 is 80.2 Å². The van der Waals surface area contributed by atoms with Gasteiger partial charge in [-0.3, -0.25) is 37.3 Å². The molecule has 0 aliphatic rings. The van der Waals surface area contributed by atoms with Gasteiger partial charge in [0.25, 0.3) is 0 Å². The van der Waals surface area contributed by atoms with Gasteiger partial charge in [-0.1, -0.05) is 370 Å². The summed E-state index contributed by atoms with van der Waals surface area (Å²) < 4.78 is 68.8. The summed E-state index contributed by atoms with van der Waals surface area (Å²) in [6, 6.07) is 0. The van der Waals surface area contributed by atoms with Gasteiger partial charge in [0.05, 0.1) is 26.4 Å². The lowest BCUT2D eigenvalue weighted by Gasteiger charge is -2.21. The maximum Gasteiger partial charge on any atom is 0.472 e. The third kappa shape index (κ3) is 74.7. The van der Waals surface area contributed by atoms with E-state index in [9.17, 15) is 43.2 Å².